The van der Waals surface area contributed by atoms with Gasteiger partial charge in [0.15, 0.2) is 27.9 Å². The highest BCUT2D eigenvalue weighted by molar-refractivity contribution is 7.93. The lowest BCUT2D eigenvalue weighted by molar-refractivity contribution is 0.00333. The molecule has 9 heterocycles. The van der Waals surface area contributed by atoms with Crippen LogP contribution in [0.1, 0.15) is 90.2 Å². The Morgan fingerprint density at radius 2 is 0.880 bits per heavy atom. The van der Waals surface area contributed by atoms with Crippen molar-refractivity contribution in [2.24, 2.45) is 0 Å². The van der Waals surface area contributed by atoms with Gasteiger partial charge in [0, 0.05) is 102 Å². The molecule has 1 atom stereocenters. The Balaban J connectivity index is 0.000000165. The Morgan fingerprint density at radius 1 is 0.487 bits per heavy atom. The lowest BCUT2D eigenvalue weighted by atomic mass is 10.1. The molecule has 1 unspecified atom stereocenters. The summed E-state index contributed by atoms with van der Waals surface area (Å²) in [5.41, 5.74) is 3.56. The first-order valence-corrected chi connectivity index (χ1v) is 44.4. The summed E-state index contributed by atoms with van der Waals surface area (Å²) in [6.07, 6.45) is 12.9. The van der Waals surface area contributed by atoms with Crippen molar-refractivity contribution in [2.45, 2.75) is 80.0 Å². The number of carbonyl (C=O) groups is 4. The van der Waals surface area contributed by atoms with Gasteiger partial charge < -0.3 is 14.5 Å². The van der Waals surface area contributed by atoms with Crippen LogP contribution in [0.3, 0.4) is 0 Å². The second-order valence-electron chi connectivity index (χ2n) is 25.5. The van der Waals surface area contributed by atoms with Gasteiger partial charge in [-0.15, -0.1) is 11.3 Å². The minimum Gasteiger partial charge on any atom is -0.377 e. The number of thiazole rings is 1. The van der Waals surface area contributed by atoms with Crippen LogP contribution in [0.5, 0.6) is 0 Å². The molecule has 42 heteroatoms. The first-order chi connectivity index (χ1) is 55.4. The van der Waals surface area contributed by atoms with Gasteiger partial charge in [-0.25, -0.2) is 68.6 Å². The zero-order valence-corrected chi connectivity index (χ0v) is 72.6. The van der Waals surface area contributed by atoms with Gasteiger partial charge in [0.05, 0.1) is 93.1 Å². The van der Waals surface area contributed by atoms with Crippen LogP contribution in [-0.2, 0) is 51.3 Å². The summed E-state index contributed by atoms with van der Waals surface area (Å²) in [5.74, 6) is -1.76. The third-order valence-electron chi connectivity index (χ3n) is 17.2. The molecule has 13 rings (SSSR count). The van der Waals surface area contributed by atoms with Gasteiger partial charge in [0.2, 0.25) is 5.95 Å². The van der Waals surface area contributed by atoms with Crippen LogP contribution in [-0.4, -0.2) is 148 Å². The van der Waals surface area contributed by atoms with Crippen LogP contribution in [0.2, 0.25) is 40.2 Å². The summed E-state index contributed by atoms with van der Waals surface area (Å²) in [6.45, 7) is 12.3. The van der Waals surface area contributed by atoms with Crippen molar-refractivity contribution in [1.29, 1.82) is 0 Å². The van der Waals surface area contributed by atoms with Crippen molar-refractivity contribution in [1.82, 2.24) is 44.8 Å². The van der Waals surface area contributed by atoms with E-state index < -0.39 is 63.7 Å². The van der Waals surface area contributed by atoms with Crippen molar-refractivity contribution in [3.8, 4) is 0 Å². The Labute approximate surface area is 718 Å². The number of nitrogens with zero attached hydrogens (tertiary/aromatic N) is 12. The Hall–Kier alpha value is -9.50. The minimum absolute atomic E-state index is 0.000975. The SMILES string of the molecule is CCN(C(=O)c1ncc(Cl)cc1NS(=O)(=O)c1ccc(Cl)c(C)c1)c1ncccn1.Cc1cc(S(=O)(=O)Nc2cc(Cl)cnc2C(=O)N(C)c2nccs2)ccc1Cl.Cc1cc(S(=O)(=O)Nc2cc(Cl)cnc2C(=O)N2CCCc3ncccc32)ccc1Cl.Cc1cc(S(=O)(=O)Nc2cc(Cl)cnc2C(=O)N2CCOCC2C)ccc1Cl. The van der Waals surface area contributed by atoms with E-state index in [1.165, 1.54) is 162 Å². The number of hydrogen-bond donors (Lipinski definition) is 4. The number of benzene rings is 4. The quantitative estimate of drug-likeness (QED) is 0.0584. The molecule has 2 aliphatic rings. The Morgan fingerprint density at radius 3 is 1.27 bits per heavy atom. The number of hydrogen-bond acceptors (Lipinski definition) is 22. The maximum atomic E-state index is 13.4. The molecular weight excluding hydrogens is 1780 g/mol. The molecule has 29 nitrogen and oxygen atoms in total. The number of pyridine rings is 5. The van der Waals surface area contributed by atoms with E-state index in [1.807, 2.05) is 13.0 Å². The van der Waals surface area contributed by atoms with Gasteiger partial charge in [0.25, 0.3) is 63.7 Å². The van der Waals surface area contributed by atoms with E-state index in [2.05, 4.69) is 58.8 Å². The normalized spacial score (nSPS) is 13.3. The summed E-state index contributed by atoms with van der Waals surface area (Å²) in [5, 5.41) is 4.72. The Kier molecular flexibility index (Phi) is 29.9. The molecule has 2 aliphatic heterocycles. The highest BCUT2D eigenvalue weighted by Crippen LogP contribution is 2.34. The fourth-order valence-corrected chi connectivity index (χ4v) is 17.4. The summed E-state index contributed by atoms with van der Waals surface area (Å²) in [7, 11) is -14.5. The van der Waals surface area contributed by atoms with Gasteiger partial charge in [-0.3, -0.25) is 52.9 Å². The summed E-state index contributed by atoms with van der Waals surface area (Å²) in [4.78, 5) is 90.9. The monoisotopic (exact) mass is 1840 g/mol. The highest BCUT2D eigenvalue weighted by atomic mass is 35.5. The van der Waals surface area contributed by atoms with Crippen molar-refractivity contribution < 1.29 is 57.6 Å². The molecule has 612 valence electrons. The zero-order valence-electron chi connectivity index (χ0n) is 62.4. The predicted octanol–water partition coefficient (Wildman–Crippen LogP) is 16.0. The smallest absolute Gasteiger partial charge is 0.281 e. The number of aromatic nitrogens is 8. The fraction of sp³-hybridized carbons (Fsp3) is 0.200. The maximum Gasteiger partial charge on any atom is 0.281 e. The zero-order chi connectivity index (χ0) is 85.0. The average Bonchev–Trinajstić information content (AvgIpc) is 1.07. The number of carbonyl (C=O) groups excluding carboxylic acids is 4. The molecule has 11 aromatic rings. The molecular formula is C75H68Cl8N16O13S5. The molecule has 0 bridgehead atoms. The van der Waals surface area contributed by atoms with E-state index in [-0.39, 0.29) is 104 Å². The van der Waals surface area contributed by atoms with Crippen molar-refractivity contribution in [3.63, 3.8) is 0 Å². The second-order valence-corrected chi connectivity index (χ2v) is 36.5. The molecule has 117 heavy (non-hydrogen) atoms. The third kappa shape index (κ3) is 22.5. The number of ether oxygens (including phenoxy) is 1. The lowest BCUT2D eigenvalue weighted by Gasteiger charge is -2.33. The van der Waals surface area contributed by atoms with Crippen LogP contribution in [0.15, 0.2) is 190 Å². The van der Waals surface area contributed by atoms with E-state index in [0.717, 1.165) is 18.5 Å². The van der Waals surface area contributed by atoms with Crippen molar-refractivity contribution >= 4 is 207 Å². The van der Waals surface area contributed by atoms with E-state index in [9.17, 15) is 52.8 Å². The molecule has 0 saturated carbocycles. The lowest BCUT2D eigenvalue weighted by Crippen LogP contribution is -2.47. The second kappa shape index (κ2) is 38.9. The first kappa shape index (κ1) is 89.8. The van der Waals surface area contributed by atoms with Crippen LogP contribution < -0.4 is 33.6 Å². The van der Waals surface area contributed by atoms with Gasteiger partial charge >= 0.3 is 0 Å². The van der Waals surface area contributed by atoms with E-state index in [1.54, 1.807) is 74.3 Å². The first-order valence-electron chi connectivity index (χ1n) is 34.6. The largest absolute Gasteiger partial charge is 0.377 e. The number of nitrogens with one attached hydrogen (secondary N) is 4. The molecule has 4 amide bonds. The van der Waals surface area contributed by atoms with Gasteiger partial charge in [-0.05, 0) is 192 Å². The third-order valence-corrected chi connectivity index (χ3v) is 26.0. The number of aryl methyl sites for hydroxylation is 5. The molecule has 0 aliphatic carbocycles. The van der Waals surface area contributed by atoms with Crippen LogP contribution in [0.25, 0.3) is 0 Å². The molecule has 7 aromatic heterocycles. The number of halogens is 8. The molecule has 1 fully saturated rings. The number of sulfonamides is 4. The van der Waals surface area contributed by atoms with E-state index >= 15 is 0 Å². The van der Waals surface area contributed by atoms with Crippen molar-refractivity contribution in [2.75, 3.05) is 73.5 Å². The Bertz CT molecular complexity index is 6080. The van der Waals surface area contributed by atoms with Gasteiger partial charge in [-0.2, -0.15) is 0 Å². The molecule has 1 saturated heterocycles. The van der Waals surface area contributed by atoms with Crippen LogP contribution in [0, 0.1) is 27.7 Å². The molecule has 0 spiro atoms. The van der Waals surface area contributed by atoms with E-state index in [4.69, 9.17) is 97.5 Å². The van der Waals surface area contributed by atoms with Gasteiger partial charge in [-0.1, -0.05) is 92.8 Å². The number of amides is 4. The average molecular weight is 1850 g/mol. The van der Waals surface area contributed by atoms with Gasteiger partial charge in [0.1, 0.15) is 0 Å². The van der Waals surface area contributed by atoms with Crippen LogP contribution >= 0.6 is 104 Å². The number of anilines is 7. The highest BCUT2D eigenvalue weighted by Gasteiger charge is 2.33. The molecule has 0 radical (unpaired) electrons. The predicted molar refractivity (Wildman–Crippen MR) is 455 cm³/mol. The number of rotatable bonds is 19. The summed E-state index contributed by atoms with van der Waals surface area (Å²) < 4.78 is 118. The summed E-state index contributed by atoms with van der Waals surface area (Å²) in [6, 6.07) is 27.7. The standard InChI is InChI=1S/C21H18Cl2N4O3S.C19H17Cl2N5O3S.C18H19Cl2N3O4S.C17H14Cl2N4O3S2/c1-13-10-15(6-7-16(13)23)31(29,30)26-18-11-14(22)12-25-20(18)21(28)27-9-3-4-17-19(27)5-2-8-24-17;1-3-26(19-22-7-4-8-23-19)18(27)17-16(10-13(20)11-24-17)25-30(28,29)14-5-6-15(21)12(2)9-14;1-11-7-14(3-4-15(11)20)28(25,26)22-16-8-13(19)9-21-17(16)18(24)23-5-6-27-10-12(23)2;1-10-7-12(3-4-13(10)19)28(25,26)22-14-8-11(18)9-21-15(14)16(24)23(2)17-20-5-6-27-17/h2,5-8,10-12,26H,3-4,9H2,1H3;4-11,25H,3H2,1-2H3;3-4,7-9,12,22H,5-6,10H2,1-2H3;3-9,22H,1-2H3. The van der Waals surface area contributed by atoms with Crippen LogP contribution in [0.4, 0.5) is 39.5 Å². The number of morpholine rings is 1. The fourth-order valence-electron chi connectivity index (χ4n) is 11.2. The molecule has 4 aromatic carbocycles. The minimum atomic E-state index is -4.03. The van der Waals surface area contributed by atoms with E-state index in [0.29, 0.717) is 79.5 Å². The topological polar surface area (TPSA) is 378 Å². The molecule has 4 N–H and O–H groups in total. The summed E-state index contributed by atoms with van der Waals surface area (Å²) >= 11 is 49.2. The maximum absolute atomic E-state index is 13.4. The van der Waals surface area contributed by atoms with Crippen molar-refractivity contribution in [3.05, 3.63) is 261 Å². The number of fused-ring (bicyclic) bond motifs is 1.